The lowest BCUT2D eigenvalue weighted by Gasteiger charge is -2.28. The van der Waals surface area contributed by atoms with E-state index in [1.807, 2.05) is 7.05 Å². The molecule has 0 unspecified atom stereocenters. The van der Waals surface area contributed by atoms with Crippen molar-refractivity contribution >= 4 is 22.6 Å². The van der Waals surface area contributed by atoms with Crippen LogP contribution in [0.1, 0.15) is 20.3 Å². The smallest absolute Gasteiger partial charge is 0.0671 e. The summed E-state index contributed by atoms with van der Waals surface area (Å²) in [5, 5.41) is 8.30. The highest BCUT2D eigenvalue weighted by molar-refractivity contribution is 14.1. The first-order valence-electron chi connectivity index (χ1n) is 3.25. The number of nitrogens with zero attached hydrogens (tertiary/aromatic N) is 2. The van der Waals surface area contributed by atoms with E-state index >= 15 is 0 Å². The number of hydrogen-bond donors (Lipinski definition) is 0. The van der Waals surface area contributed by atoms with Crippen LogP contribution in [-0.2, 0) is 0 Å². The summed E-state index contributed by atoms with van der Waals surface area (Å²) >= 11 is 2.36. The van der Waals surface area contributed by atoms with Gasteiger partial charge in [0.25, 0.3) is 0 Å². The van der Waals surface area contributed by atoms with Crippen LogP contribution in [0.3, 0.4) is 0 Å². The average molecular weight is 252 g/mol. The van der Waals surface area contributed by atoms with E-state index in [4.69, 9.17) is 5.26 Å². The first-order chi connectivity index (χ1) is 4.48. The molecular formula is C7H13IN2. The van der Waals surface area contributed by atoms with Gasteiger partial charge in [0.15, 0.2) is 0 Å². The molecule has 0 N–H and O–H groups in total. The summed E-state index contributed by atoms with van der Waals surface area (Å²) in [7, 11) is 2.03. The quantitative estimate of drug-likeness (QED) is 0.436. The van der Waals surface area contributed by atoms with Crippen LogP contribution in [0.15, 0.2) is 0 Å². The zero-order valence-electron chi connectivity index (χ0n) is 6.69. The molecule has 0 heterocycles. The molecule has 0 saturated carbocycles. The lowest BCUT2D eigenvalue weighted by molar-refractivity contribution is 0.265. The average Bonchev–Trinajstić information content (AvgIpc) is 1.80. The molecule has 3 heteroatoms. The number of halogens is 1. The SMILES string of the molecule is CN(CCC#N)C(C)(C)I. The topological polar surface area (TPSA) is 27.0 Å². The van der Waals surface area contributed by atoms with Gasteiger partial charge in [-0.1, -0.05) is 22.6 Å². The molecule has 2 nitrogen and oxygen atoms in total. The van der Waals surface area contributed by atoms with Gasteiger partial charge >= 0.3 is 0 Å². The Bertz CT molecular complexity index is 132. The van der Waals surface area contributed by atoms with E-state index in [1.165, 1.54) is 0 Å². The van der Waals surface area contributed by atoms with E-state index in [0.29, 0.717) is 6.42 Å². The maximum Gasteiger partial charge on any atom is 0.0671 e. The van der Waals surface area contributed by atoms with Gasteiger partial charge in [-0.3, -0.25) is 4.90 Å². The van der Waals surface area contributed by atoms with Gasteiger partial charge in [-0.05, 0) is 20.9 Å². The van der Waals surface area contributed by atoms with Gasteiger partial charge in [0.05, 0.1) is 9.61 Å². The van der Waals surface area contributed by atoms with Crippen molar-refractivity contribution in [2.75, 3.05) is 13.6 Å². The Labute approximate surface area is 76.3 Å². The fraction of sp³-hybridized carbons (Fsp3) is 0.857. The Kier molecular flexibility index (Phi) is 4.22. The van der Waals surface area contributed by atoms with E-state index in [1.54, 1.807) is 0 Å². The minimum atomic E-state index is 0.161. The summed E-state index contributed by atoms with van der Waals surface area (Å²) in [6.07, 6.45) is 0.614. The standard InChI is InChI=1S/C7H13IN2/c1-7(2,8)10(3)6-4-5-9/h4,6H2,1-3H3. The highest BCUT2D eigenvalue weighted by Gasteiger charge is 2.17. The summed E-state index contributed by atoms with van der Waals surface area (Å²) in [6.45, 7) is 5.11. The summed E-state index contributed by atoms with van der Waals surface area (Å²) in [5.41, 5.74) is 0. The number of hydrogen-bond acceptors (Lipinski definition) is 2. The van der Waals surface area contributed by atoms with Crippen LogP contribution < -0.4 is 0 Å². The molecule has 10 heavy (non-hydrogen) atoms. The molecule has 0 amide bonds. The normalized spacial score (nSPS) is 11.6. The van der Waals surface area contributed by atoms with Crippen molar-refractivity contribution in [2.24, 2.45) is 0 Å². The van der Waals surface area contributed by atoms with E-state index in [2.05, 4.69) is 47.4 Å². The molecule has 0 rings (SSSR count). The number of alkyl halides is 1. The third-order valence-corrected chi connectivity index (χ3v) is 2.29. The molecule has 0 fully saturated rings. The third kappa shape index (κ3) is 4.07. The molecule has 0 aliphatic rings. The fourth-order valence-electron chi connectivity index (χ4n) is 0.484. The van der Waals surface area contributed by atoms with E-state index in [0.717, 1.165) is 6.54 Å². The van der Waals surface area contributed by atoms with Crippen LogP contribution in [0.5, 0.6) is 0 Å². The van der Waals surface area contributed by atoms with Crippen molar-refractivity contribution in [2.45, 2.75) is 23.8 Å². The maximum atomic E-state index is 8.30. The second-order valence-corrected chi connectivity index (χ2v) is 5.38. The first kappa shape index (κ1) is 10.2. The predicted octanol–water partition coefficient (Wildman–Crippen LogP) is 2.00. The Balaban J connectivity index is 3.65. The summed E-state index contributed by atoms with van der Waals surface area (Å²) < 4.78 is 0.161. The minimum absolute atomic E-state index is 0.161. The van der Waals surface area contributed by atoms with Crippen LogP contribution in [0.4, 0.5) is 0 Å². The minimum Gasteiger partial charge on any atom is -0.292 e. The van der Waals surface area contributed by atoms with Gasteiger partial charge < -0.3 is 0 Å². The fourth-order valence-corrected chi connectivity index (χ4v) is 0.725. The molecule has 0 atom stereocenters. The van der Waals surface area contributed by atoms with Crippen LogP contribution in [0.25, 0.3) is 0 Å². The lowest BCUT2D eigenvalue weighted by Crippen LogP contribution is -2.35. The van der Waals surface area contributed by atoms with Gasteiger partial charge in [0.1, 0.15) is 0 Å². The number of rotatable bonds is 3. The molecule has 0 aromatic rings. The van der Waals surface area contributed by atoms with Crippen molar-refractivity contribution in [1.82, 2.24) is 4.90 Å². The van der Waals surface area contributed by atoms with Crippen molar-refractivity contribution in [1.29, 1.82) is 5.26 Å². The summed E-state index contributed by atoms with van der Waals surface area (Å²) in [6, 6.07) is 2.13. The molecule has 0 aromatic carbocycles. The van der Waals surface area contributed by atoms with Gasteiger partial charge in [-0.25, -0.2) is 0 Å². The summed E-state index contributed by atoms with van der Waals surface area (Å²) in [4.78, 5) is 2.16. The predicted molar refractivity (Wildman–Crippen MR) is 51.0 cm³/mol. The van der Waals surface area contributed by atoms with Crippen LogP contribution in [-0.4, -0.2) is 22.0 Å². The van der Waals surface area contributed by atoms with Gasteiger partial charge in [-0.15, -0.1) is 0 Å². The highest BCUT2D eigenvalue weighted by atomic mass is 127. The van der Waals surface area contributed by atoms with Crippen molar-refractivity contribution in [3.63, 3.8) is 0 Å². The third-order valence-electron chi connectivity index (χ3n) is 1.47. The van der Waals surface area contributed by atoms with Gasteiger partial charge in [0.2, 0.25) is 0 Å². The second kappa shape index (κ2) is 4.14. The molecule has 0 aliphatic carbocycles. The van der Waals surface area contributed by atoms with Crippen LogP contribution in [0, 0.1) is 11.3 Å². The zero-order valence-corrected chi connectivity index (χ0v) is 8.84. The molecule has 0 saturated heterocycles. The molecule has 0 spiro atoms. The second-order valence-electron chi connectivity index (χ2n) is 2.74. The number of nitriles is 1. The van der Waals surface area contributed by atoms with Crippen LogP contribution in [0.2, 0.25) is 0 Å². The first-order valence-corrected chi connectivity index (χ1v) is 4.33. The van der Waals surface area contributed by atoms with Gasteiger partial charge in [-0.2, -0.15) is 5.26 Å². The van der Waals surface area contributed by atoms with E-state index in [-0.39, 0.29) is 3.55 Å². The maximum absolute atomic E-state index is 8.30. The largest absolute Gasteiger partial charge is 0.292 e. The molecule has 58 valence electrons. The van der Waals surface area contributed by atoms with Crippen molar-refractivity contribution in [3.8, 4) is 6.07 Å². The van der Waals surface area contributed by atoms with Crippen molar-refractivity contribution < 1.29 is 0 Å². The zero-order chi connectivity index (χ0) is 8.20. The molecule has 0 aliphatic heterocycles. The molecular weight excluding hydrogens is 239 g/mol. The van der Waals surface area contributed by atoms with E-state index < -0.39 is 0 Å². The van der Waals surface area contributed by atoms with Crippen LogP contribution >= 0.6 is 22.6 Å². The summed E-state index contributed by atoms with van der Waals surface area (Å²) in [5.74, 6) is 0. The Morgan fingerprint density at radius 3 is 2.40 bits per heavy atom. The Hall–Kier alpha value is 0.180. The van der Waals surface area contributed by atoms with Crippen molar-refractivity contribution in [3.05, 3.63) is 0 Å². The van der Waals surface area contributed by atoms with E-state index in [9.17, 15) is 0 Å². The Morgan fingerprint density at radius 2 is 2.10 bits per heavy atom. The van der Waals surface area contributed by atoms with Gasteiger partial charge in [0, 0.05) is 13.0 Å². The molecule has 0 radical (unpaired) electrons. The Morgan fingerprint density at radius 1 is 1.60 bits per heavy atom. The molecule has 0 aromatic heterocycles. The lowest BCUT2D eigenvalue weighted by atomic mass is 10.3. The molecule has 0 bridgehead atoms. The monoisotopic (exact) mass is 252 g/mol. The highest BCUT2D eigenvalue weighted by Crippen LogP contribution is 2.20.